The van der Waals surface area contributed by atoms with Crippen molar-refractivity contribution in [2.45, 2.75) is 6.92 Å². The normalized spacial score (nSPS) is 10.2. The van der Waals surface area contributed by atoms with Crippen LogP contribution in [0.1, 0.15) is 16.1 Å². The fourth-order valence-electron chi connectivity index (χ4n) is 1.55. The van der Waals surface area contributed by atoms with Crippen molar-refractivity contribution in [3.8, 4) is 0 Å². The van der Waals surface area contributed by atoms with Crippen molar-refractivity contribution in [1.29, 1.82) is 0 Å². The number of rotatable bonds is 3. The molecule has 1 aromatic heterocycles. The molecule has 1 amide bonds. The van der Waals surface area contributed by atoms with E-state index in [9.17, 15) is 9.18 Å². The highest BCUT2D eigenvalue weighted by Gasteiger charge is 2.12. The van der Waals surface area contributed by atoms with Crippen LogP contribution in [0.25, 0.3) is 0 Å². The monoisotopic (exact) mass is 338 g/mol. The van der Waals surface area contributed by atoms with E-state index in [-0.39, 0.29) is 5.69 Å². The van der Waals surface area contributed by atoms with Crippen LogP contribution in [0.2, 0.25) is 0 Å². The maximum atomic E-state index is 13.5. The summed E-state index contributed by atoms with van der Waals surface area (Å²) in [6.07, 6.45) is 0. The number of carbonyl (C=O) groups excluding carboxylic acids is 1. The molecule has 0 fully saturated rings. The molecule has 7 heteroatoms. The number of halogens is 2. The van der Waals surface area contributed by atoms with E-state index in [0.717, 1.165) is 5.56 Å². The summed E-state index contributed by atoms with van der Waals surface area (Å²) in [4.78, 5) is 12.0. The number of benzene rings is 1. The lowest BCUT2D eigenvalue weighted by Gasteiger charge is -2.09. The Hall–Kier alpha value is -2.02. The summed E-state index contributed by atoms with van der Waals surface area (Å²) in [6.45, 7) is 1.77. The number of amides is 1. The molecular weight excluding hydrogens is 327 g/mol. The minimum Gasteiger partial charge on any atom is -0.372 e. The fraction of sp³-hybridized carbons (Fsp3) is 0.154. The standard InChI is InChI=1S/C13H12BrFN4O/c1-7-5-8(14)9(15)6-11(7)17-13(20)10-3-4-12(16-2)19-18-10/h3-6H,1-2H3,(H,16,19)(H,17,20). The first-order chi connectivity index (χ1) is 9.51. The minimum atomic E-state index is -0.442. The Labute approximate surface area is 123 Å². The Morgan fingerprint density at radius 3 is 2.65 bits per heavy atom. The van der Waals surface area contributed by atoms with Crippen LogP contribution in [0.5, 0.6) is 0 Å². The van der Waals surface area contributed by atoms with E-state index >= 15 is 0 Å². The Morgan fingerprint density at radius 2 is 2.05 bits per heavy atom. The molecule has 2 aromatic rings. The van der Waals surface area contributed by atoms with Gasteiger partial charge in [-0.05, 0) is 52.7 Å². The van der Waals surface area contributed by atoms with E-state index in [1.807, 2.05) is 0 Å². The number of nitrogens with one attached hydrogen (secondary N) is 2. The molecule has 104 valence electrons. The number of hydrogen-bond acceptors (Lipinski definition) is 4. The summed E-state index contributed by atoms with van der Waals surface area (Å²) >= 11 is 3.09. The zero-order valence-electron chi connectivity index (χ0n) is 10.9. The first kappa shape index (κ1) is 14.4. The summed E-state index contributed by atoms with van der Waals surface area (Å²) in [5.41, 5.74) is 1.30. The molecule has 2 N–H and O–H groups in total. The van der Waals surface area contributed by atoms with Crippen LogP contribution in [0.3, 0.4) is 0 Å². The summed E-state index contributed by atoms with van der Waals surface area (Å²) in [7, 11) is 1.71. The Kier molecular flexibility index (Phi) is 4.29. The van der Waals surface area contributed by atoms with Gasteiger partial charge in [-0.2, -0.15) is 0 Å². The van der Waals surface area contributed by atoms with E-state index < -0.39 is 11.7 Å². The molecule has 0 bridgehead atoms. The highest BCUT2D eigenvalue weighted by Crippen LogP contribution is 2.24. The van der Waals surface area contributed by atoms with Crippen LogP contribution in [-0.2, 0) is 0 Å². The van der Waals surface area contributed by atoms with Gasteiger partial charge in [-0.3, -0.25) is 4.79 Å². The van der Waals surface area contributed by atoms with E-state index in [1.54, 1.807) is 32.2 Å². The van der Waals surface area contributed by atoms with Gasteiger partial charge in [0.05, 0.1) is 4.47 Å². The van der Waals surface area contributed by atoms with Gasteiger partial charge in [-0.15, -0.1) is 10.2 Å². The van der Waals surface area contributed by atoms with E-state index in [4.69, 9.17) is 0 Å². The lowest BCUT2D eigenvalue weighted by Crippen LogP contribution is -2.15. The van der Waals surface area contributed by atoms with Gasteiger partial charge in [0, 0.05) is 12.7 Å². The smallest absolute Gasteiger partial charge is 0.276 e. The van der Waals surface area contributed by atoms with E-state index in [2.05, 4.69) is 36.8 Å². The maximum Gasteiger partial charge on any atom is 0.276 e. The predicted molar refractivity (Wildman–Crippen MR) is 78.4 cm³/mol. The zero-order chi connectivity index (χ0) is 14.7. The highest BCUT2D eigenvalue weighted by molar-refractivity contribution is 9.10. The van der Waals surface area contributed by atoms with Gasteiger partial charge in [-0.1, -0.05) is 0 Å². The molecule has 0 saturated carbocycles. The van der Waals surface area contributed by atoms with Crippen LogP contribution in [0, 0.1) is 12.7 Å². The third kappa shape index (κ3) is 3.11. The fourth-order valence-corrected chi connectivity index (χ4v) is 2.01. The largest absolute Gasteiger partial charge is 0.372 e. The Morgan fingerprint density at radius 1 is 1.30 bits per heavy atom. The molecule has 20 heavy (non-hydrogen) atoms. The van der Waals surface area contributed by atoms with Gasteiger partial charge >= 0.3 is 0 Å². The molecule has 0 spiro atoms. The second-order valence-electron chi connectivity index (χ2n) is 4.09. The van der Waals surface area contributed by atoms with Crippen LogP contribution in [0.4, 0.5) is 15.9 Å². The lowest BCUT2D eigenvalue weighted by atomic mass is 10.2. The van der Waals surface area contributed by atoms with Crippen LogP contribution >= 0.6 is 15.9 Å². The van der Waals surface area contributed by atoms with Gasteiger partial charge < -0.3 is 10.6 Å². The third-order valence-corrected chi connectivity index (χ3v) is 3.28. The summed E-state index contributed by atoms with van der Waals surface area (Å²) < 4.78 is 13.8. The van der Waals surface area contributed by atoms with E-state index in [0.29, 0.717) is 16.0 Å². The highest BCUT2D eigenvalue weighted by atomic mass is 79.9. The molecule has 0 unspecified atom stereocenters. The van der Waals surface area contributed by atoms with Gasteiger partial charge in [-0.25, -0.2) is 4.39 Å². The molecule has 0 saturated heterocycles. The average Bonchev–Trinajstić information content (AvgIpc) is 2.44. The average molecular weight is 339 g/mol. The number of hydrogen-bond donors (Lipinski definition) is 2. The van der Waals surface area contributed by atoms with E-state index in [1.165, 1.54) is 6.07 Å². The number of aromatic nitrogens is 2. The van der Waals surface area contributed by atoms with Gasteiger partial charge in [0.1, 0.15) is 11.6 Å². The number of aryl methyl sites for hydroxylation is 1. The first-order valence-corrected chi connectivity index (χ1v) is 6.59. The second-order valence-corrected chi connectivity index (χ2v) is 4.94. The van der Waals surface area contributed by atoms with Crippen LogP contribution < -0.4 is 10.6 Å². The van der Waals surface area contributed by atoms with Gasteiger partial charge in [0.2, 0.25) is 0 Å². The topological polar surface area (TPSA) is 66.9 Å². The summed E-state index contributed by atoms with van der Waals surface area (Å²) in [5.74, 6) is -0.320. The van der Waals surface area contributed by atoms with Gasteiger partial charge in [0.25, 0.3) is 5.91 Å². The Balaban J connectivity index is 2.20. The first-order valence-electron chi connectivity index (χ1n) is 5.79. The number of carbonyl (C=O) groups is 1. The summed E-state index contributed by atoms with van der Waals surface area (Å²) in [5, 5.41) is 13.0. The predicted octanol–water partition coefficient (Wildman–Crippen LogP) is 2.98. The van der Waals surface area contributed by atoms with Crippen molar-refractivity contribution in [3.63, 3.8) is 0 Å². The molecular formula is C13H12BrFN4O. The van der Waals surface area contributed by atoms with Crippen molar-refractivity contribution in [1.82, 2.24) is 10.2 Å². The molecule has 0 atom stereocenters. The molecule has 0 aliphatic carbocycles. The molecule has 0 radical (unpaired) electrons. The quantitative estimate of drug-likeness (QED) is 0.902. The number of nitrogens with zero attached hydrogens (tertiary/aromatic N) is 2. The summed E-state index contributed by atoms with van der Waals surface area (Å²) in [6, 6.07) is 6.03. The number of anilines is 2. The molecule has 1 aromatic carbocycles. The maximum absolute atomic E-state index is 13.5. The van der Waals surface area contributed by atoms with Crippen molar-refractivity contribution in [2.75, 3.05) is 17.7 Å². The van der Waals surface area contributed by atoms with Crippen molar-refractivity contribution in [2.24, 2.45) is 0 Å². The molecule has 0 aliphatic heterocycles. The molecule has 2 rings (SSSR count). The van der Waals surface area contributed by atoms with Crippen LogP contribution in [-0.4, -0.2) is 23.2 Å². The molecule has 0 aliphatic rings. The lowest BCUT2D eigenvalue weighted by molar-refractivity contribution is 0.102. The SMILES string of the molecule is CNc1ccc(C(=O)Nc2cc(F)c(Br)cc2C)nn1. The molecule has 5 nitrogen and oxygen atoms in total. The second kappa shape index (κ2) is 5.96. The minimum absolute atomic E-state index is 0.159. The third-order valence-electron chi connectivity index (χ3n) is 2.67. The molecule has 1 heterocycles. The van der Waals surface area contributed by atoms with Gasteiger partial charge in [0.15, 0.2) is 5.69 Å². The van der Waals surface area contributed by atoms with Crippen molar-refractivity contribution < 1.29 is 9.18 Å². The Bertz CT molecular complexity index is 646. The van der Waals surface area contributed by atoms with Crippen LogP contribution in [0.15, 0.2) is 28.7 Å². The van der Waals surface area contributed by atoms with Crippen molar-refractivity contribution >= 4 is 33.3 Å². The zero-order valence-corrected chi connectivity index (χ0v) is 12.5. The van der Waals surface area contributed by atoms with Crippen molar-refractivity contribution in [3.05, 3.63) is 45.8 Å².